The molecule has 0 atom stereocenters. The Kier molecular flexibility index (Phi) is 3.11. The molecule has 92 valence electrons. The highest BCUT2D eigenvalue weighted by Crippen LogP contribution is 2.30. The lowest BCUT2D eigenvalue weighted by Crippen LogP contribution is -1.86. The number of rotatable bonds is 2. The number of aromatic nitrogens is 3. The maximum Gasteiger partial charge on any atom is 0.269 e. The van der Waals surface area contributed by atoms with Gasteiger partial charge in [0.15, 0.2) is 0 Å². The third-order valence-corrected chi connectivity index (χ3v) is 3.92. The molecule has 0 aliphatic heterocycles. The molecule has 3 aromatic rings. The number of hydrogen-bond acceptors (Lipinski definition) is 6. The number of hydrogen-bond donors (Lipinski definition) is 0. The monoisotopic (exact) mass is 332 g/mol. The topological polar surface area (TPSA) is 75.6 Å². The van der Waals surface area contributed by atoms with Gasteiger partial charge in [-0.1, -0.05) is 5.16 Å². The maximum absolute atomic E-state index is 8.98. The van der Waals surface area contributed by atoms with Crippen molar-refractivity contribution >= 4 is 27.3 Å². The minimum absolute atomic E-state index is 0.333. The largest absolute Gasteiger partial charge is 0.333 e. The van der Waals surface area contributed by atoms with Gasteiger partial charge in [-0.15, -0.1) is 11.3 Å². The molecular formula is C12H5BrN4OS. The van der Waals surface area contributed by atoms with Gasteiger partial charge in [0.25, 0.3) is 5.89 Å². The Morgan fingerprint density at radius 1 is 1.37 bits per heavy atom. The zero-order chi connectivity index (χ0) is 13.2. The van der Waals surface area contributed by atoms with Crippen molar-refractivity contribution in [2.75, 3.05) is 0 Å². The van der Waals surface area contributed by atoms with Gasteiger partial charge in [0.2, 0.25) is 5.82 Å². The van der Waals surface area contributed by atoms with Crippen LogP contribution in [0.15, 0.2) is 38.8 Å². The molecule has 0 radical (unpaired) electrons. The van der Waals surface area contributed by atoms with Gasteiger partial charge in [-0.3, -0.25) is 4.98 Å². The summed E-state index contributed by atoms with van der Waals surface area (Å²) in [6, 6.07) is 7.47. The third-order valence-electron chi connectivity index (χ3n) is 2.38. The quantitative estimate of drug-likeness (QED) is 0.717. The van der Waals surface area contributed by atoms with E-state index in [0.29, 0.717) is 27.8 Å². The first-order valence-electron chi connectivity index (χ1n) is 5.22. The van der Waals surface area contributed by atoms with Crippen LogP contribution in [-0.2, 0) is 0 Å². The summed E-state index contributed by atoms with van der Waals surface area (Å²) in [5.74, 6) is 0.721. The first-order chi connectivity index (χ1) is 9.29. The molecule has 3 rings (SSSR count). The summed E-state index contributed by atoms with van der Waals surface area (Å²) in [6.45, 7) is 0. The van der Waals surface area contributed by atoms with E-state index in [1.807, 2.05) is 17.5 Å². The second kappa shape index (κ2) is 4.91. The van der Waals surface area contributed by atoms with E-state index in [1.54, 1.807) is 12.3 Å². The van der Waals surface area contributed by atoms with E-state index in [-0.39, 0.29) is 0 Å². The van der Waals surface area contributed by atoms with E-state index in [9.17, 15) is 0 Å². The minimum Gasteiger partial charge on any atom is -0.333 e. The Morgan fingerprint density at radius 3 is 3.05 bits per heavy atom. The first kappa shape index (κ1) is 12.0. The summed E-state index contributed by atoms with van der Waals surface area (Å²) in [7, 11) is 0. The highest BCUT2D eigenvalue weighted by molar-refractivity contribution is 9.10. The van der Waals surface area contributed by atoms with Crippen molar-refractivity contribution in [3.8, 4) is 28.4 Å². The molecular weight excluding hydrogens is 328 g/mol. The van der Waals surface area contributed by atoms with Crippen molar-refractivity contribution in [2.24, 2.45) is 0 Å². The fourth-order valence-electron chi connectivity index (χ4n) is 1.53. The summed E-state index contributed by atoms with van der Waals surface area (Å²) in [4.78, 5) is 9.15. The first-order valence-corrected chi connectivity index (χ1v) is 6.89. The summed E-state index contributed by atoms with van der Waals surface area (Å²) in [5.41, 5.74) is 1.13. The number of thiophene rings is 1. The van der Waals surface area contributed by atoms with Gasteiger partial charge in [0.05, 0.1) is 5.56 Å². The van der Waals surface area contributed by atoms with Crippen LogP contribution in [0, 0.1) is 11.3 Å². The molecule has 0 unspecified atom stereocenters. The lowest BCUT2D eigenvalue weighted by Gasteiger charge is -1.95. The van der Waals surface area contributed by atoms with Crippen LogP contribution < -0.4 is 0 Å². The molecule has 5 nitrogen and oxygen atoms in total. The van der Waals surface area contributed by atoms with Gasteiger partial charge in [0.1, 0.15) is 16.6 Å². The van der Waals surface area contributed by atoms with Crippen LogP contribution in [0.4, 0.5) is 0 Å². The Balaban J connectivity index is 2.06. The summed E-state index contributed by atoms with van der Waals surface area (Å²) in [5, 5.41) is 14.7. The SMILES string of the molecule is N#Cc1ccsc1-c1nc(-c2ncccc2Br)no1. The normalized spacial score (nSPS) is 10.3. The van der Waals surface area contributed by atoms with Gasteiger partial charge in [-0.25, -0.2) is 0 Å². The van der Waals surface area contributed by atoms with Crippen molar-refractivity contribution in [2.45, 2.75) is 0 Å². The zero-order valence-corrected chi connectivity index (χ0v) is 11.8. The van der Waals surface area contributed by atoms with Crippen molar-refractivity contribution < 1.29 is 4.52 Å². The summed E-state index contributed by atoms with van der Waals surface area (Å²) >= 11 is 4.77. The molecule has 0 aromatic carbocycles. The third kappa shape index (κ3) is 2.16. The molecule has 0 amide bonds. The molecule has 0 bridgehead atoms. The Labute approximate surface area is 120 Å². The predicted octanol–water partition coefficient (Wildman–Crippen LogP) is 3.49. The molecule has 0 aliphatic carbocycles. The number of nitrogens with zero attached hydrogens (tertiary/aromatic N) is 4. The second-order valence-corrected chi connectivity index (χ2v) is 5.30. The average Bonchev–Trinajstić information content (AvgIpc) is 3.07. The molecule has 3 aromatic heterocycles. The van der Waals surface area contributed by atoms with Crippen molar-refractivity contribution in [1.82, 2.24) is 15.1 Å². The molecule has 0 N–H and O–H groups in total. The van der Waals surface area contributed by atoms with Gasteiger partial charge in [-0.2, -0.15) is 10.2 Å². The molecule has 0 aliphatic rings. The smallest absolute Gasteiger partial charge is 0.269 e. The molecule has 0 saturated carbocycles. The summed E-state index contributed by atoms with van der Waals surface area (Å²) < 4.78 is 5.98. The van der Waals surface area contributed by atoms with Gasteiger partial charge in [-0.05, 0) is 39.5 Å². The van der Waals surface area contributed by atoms with E-state index < -0.39 is 0 Å². The van der Waals surface area contributed by atoms with Gasteiger partial charge in [0, 0.05) is 10.7 Å². The summed E-state index contributed by atoms with van der Waals surface area (Å²) in [6.07, 6.45) is 1.65. The fourth-order valence-corrected chi connectivity index (χ4v) is 2.72. The maximum atomic E-state index is 8.98. The van der Waals surface area contributed by atoms with Crippen LogP contribution in [0.5, 0.6) is 0 Å². The molecule has 7 heteroatoms. The number of pyridine rings is 1. The van der Waals surface area contributed by atoms with Crippen molar-refractivity contribution in [3.05, 3.63) is 39.8 Å². The van der Waals surface area contributed by atoms with Gasteiger partial charge >= 0.3 is 0 Å². The Hall–Kier alpha value is -2.04. The molecule has 0 saturated heterocycles. The molecule has 19 heavy (non-hydrogen) atoms. The molecule has 0 fully saturated rings. The second-order valence-electron chi connectivity index (χ2n) is 3.53. The average molecular weight is 333 g/mol. The number of nitriles is 1. The number of halogens is 1. The van der Waals surface area contributed by atoms with E-state index in [2.05, 4.69) is 37.1 Å². The van der Waals surface area contributed by atoms with Gasteiger partial charge < -0.3 is 4.52 Å². The highest BCUT2D eigenvalue weighted by Gasteiger charge is 2.17. The lowest BCUT2D eigenvalue weighted by atomic mass is 10.3. The van der Waals surface area contributed by atoms with E-state index in [0.717, 1.165) is 4.47 Å². The van der Waals surface area contributed by atoms with Crippen LogP contribution in [0.1, 0.15) is 5.56 Å². The standard InChI is InChI=1S/C12H5BrN4OS/c13-8-2-1-4-15-9(8)11-16-12(18-17-11)10-7(6-14)3-5-19-10/h1-5H. The van der Waals surface area contributed by atoms with E-state index >= 15 is 0 Å². The van der Waals surface area contributed by atoms with Crippen LogP contribution in [-0.4, -0.2) is 15.1 Å². The highest BCUT2D eigenvalue weighted by atomic mass is 79.9. The Bertz CT molecular complexity index is 757. The van der Waals surface area contributed by atoms with Crippen LogP contribution in [0.3, 0.4) is 0 Å². The van der Waals surface area contributed by atoms with Crippen LogP contribution in [0.25, 0.3) is 22.3 Å². The van der Waals surface area contributed by atoms with E-state index in [1.165, 1.54) is 11.3 Å². The predicted molar refractivity (Wildman–Crippen MR) is 73.3 cm³/mol. The zero-order valence-electron chi connectivity index (χ0n) is 9.37. The van der Waals surface area contributed by atoms with Crippen molar-refractivity contribution in [3.63, 3.8) is 0 Å². The van der Waals surface area contributed by atoms with Crippen molar-refractivity contribution in [1.29, 1.82) is 5.26 Å². The lowest BCUT2D eigenvalue weighted by molar-refractivity contribution is 0.433. The minimum atomic E-state index is 0.333. The van der Waals surface area contributed by atoms with E-state index in [4.69, 9.17) is 9.78 Å². The molecule has 0 spiro atoms. The fraction of sp³-hybridized carbons (Fsp3) is 0. The molecule has 3 heterocycles. The van der Waals surface area contributed by atoms with Crippen LogP contribution in [0.2, 0.25) is 0 Å². The van der Waals surface area contributed by atoms with Crippen LogP contribution >= 0.6 is 27.3 Å². The Morgan fingerprint density at radius 2 is 2.26 bits per heavy atom.